The third-order valence-electron chi connectivity index (χ3n) is 3.72. The number of aromatic amines is 1. The summed E-state index contributed by atoms with van der Waals surface area (Å²) in [6.45, 7) is 3.96. The van der Waals surface area contributed by atoms with Gasteiger partial charge in [0.1, 0.15) is 0 Å². The van der Waals surface area contributed by atoms with Crippen LogP contribution in [-0.4, -0.2) is 27.0 Å². The van der Waals surface area contributed by atoms with E-state index in [2.05, 4.69) is 15.3 Å². The average Bonchev–Trinajstić information content (AvgIpc) is 2.91. The lowest BCUT2D eigenvalue weighted by Crippen LogP contribution is -2.16. The van der Waals surface area contributed by atoms with Crippen molar-refractivity contribution in [2.75, 3.05) is 5.32 Å². The molecular weight excluding hydrogens is 294 g/mol. The number of para-hydroxylation sites is 1. The van der Waals surface area contributed by atoms with Crippen molar-refractivity contribution in [2.24, 2.45) is 0 Å². The SMILES string of the molecule is Cc1cc2nc(C(=O)Nc3ccccc3C(=O)O)[nH]c2cc1C. The molecule has 0 bridgehead atoms. The lowest BCUT2D eigenvalue weighted by atomic mass is 10.1. The fourth-order valence-electron chi connectivity index (χ4n) is 2.34. The van der Waals surface area contributed by atoms with Gasteiger partial charge in [-0.15, -0.1) is 0 Å². The van der Waals surface area contributed by atoms with Gasteiger partial charge in [0.15, 0.2) is 5.82 Å². The molecule has 0 saturated heterocycles. The molecule has 23 heavy (non-hydrogen) atoms. The molecule has 6 nitrogen and oxygen atoms in total. The second-order valence-electron chi connectivity index (χ2n) is 5.34. The van der Waals surface area contributed by atoms with Gasteiger partial charge in [-0.3, -0.25) is 4.79 Å². The number of aromatic nitrogens is 2. The average molecular weight is 309 g/mol. The number of rotatable bonds is 3. The van der Waals surface area contributed by atoms with E-state index >= 15 is 0 Å². The quantitative estimate of drug-likeness (QED) is 0.692. The Kier molecular flexibility index (Phi) is 3.57. The number of carbonyl (C=O) groups is 2. The Labute approximate surface area is 132 Å². The molecule has 3 N–H and O–H groups in total. The molecule has 116 valence electrons. The summed E-state index contributed by atoms with van der Waals surface area (Å²) in [5.41, 5.74) is 3.92. The molecule has 0 saturated carbocycles. The van der Waals surface area contributed by atoms with E-state index in [1.165, 1.54) is 12.1 Å². The highest BCUT2D eigenvalue weighted by Crippen LogP contribution is 2.19. The second-order valence-corrected chi connectivity index (χ2v) is 5.34. The highest BCUT2D eigenvalue weighted by atomic mass is 16.4. The molecule has 2 aromatic carbocycles. The van der Waals surface area contributed by atoms with Crippen LogP contribution in [0.4, 0.5) is 5.69 Å². The first-order valence-electron chi connectivity index (χ1n) is 7.06. The van der Waals surface area contributed by atoms with Crippen LogP contribution < -0.4 is 5.32 Å². The molecule has 0 fully saturated rings. The fraction of sp³-hybridized carbons (Fsp3) is 0.118. The molecule has 1 amide bonds. The number of hydrogen-bond donors (Lipinski definition) is 3. The highest BCUT2D eigenvalue weighted by Gasteiger charge is 2.16. The summed E-state index contributed by atoms with van der Waals surface area (Å²) in [6.07, 6.45) is 0. The fourth-order valence-corrected chi connectivity index (χ4v) is 2.34. The predicted molar refractivity (Wildman–Crippen MR) is 86.9 cm³/mol. The van der Waals surface area contributed by atoms with E-state index in [4.69, 9.17) is 5.11 Å². The molecule has 0 radical (unpaired) electrons. The molecular formula is C17H15N3O3. The minimum absolute atomic E-state index is 0.0312. The number of anilines is 1. The van der Waals surface area contributed by atoms with Gasteiger partial charge in [0.05, 0.1) is 22.3 Å². The predicted octanol–water partition coefficient (Wildman–Crippen LogP) is 3.13. The lowest BCUT2D eigenvalue weighted by molar-refractivity contribution is 0.0698. The van der Waals surface area contributed by atoms with Gasteiger partial charge >= 0.3 is 5.97 Å². The van der Waals surface area contributed by atoms with Gasteiger partial charge in [-0.05, 0) is 49.2 Å². The van der Waals surface area contributed by atoms with Crippen molar-refractivity contribution in [3.8, 4) is 0 Å². The lowest BCUT2D eigenvalue weighted by Gasteiger charge is -2.06. The van der Waals surface area contributed by atoms with Crippen LogP contribution in [0, 0.1) is 13.8 Å². The van der Waals surface area contributed by atoms with Crippen LogP contribution >= 0.6 is 0 Å². The topological polar surface area (TPSA) is 95.1 Å². The number of aryl methyl sites for hydroxylation is 2. The Balaban J connectivity index is 1.94. The van der Waals surface area contributed by atoms with Crippen molar-refractivity contribution in [1.29, 1.82) is 0 Å². The van der Waals surface area contributed by atoms with E-state index in [0.717, 1.165) is 16.6 Å². The van der Waals surface area contributed by atoms with Crippen molar-refractivity contribution in [3.05, 3.63) is 58.9 Å². The van der Waals surface area contributed by atoms with Gasteiger partial charge in [-0.2, -0.15) is 0 Å². The summed E-state index contributed by atoms with van der Waals surface area (Å²) >= 11 is 0. The number of nitrogens with zero attached hydrogens (tertiary/aromatic N) is 1. The third kappa shape index (κ3) is 2.78. The van der Waals surface area contributed by atoms with Gasteiger partial charge in [0.25, 0.3) is 5.91 Å². The Morgan fingerprint density at radius 1 is 1.13 bits per heavy atom. The monoisotopic (exact) mass is 309 g/mol. The molecule has 6 heteroatoms. The Morgan fingerprint density at radius 3 is 2.57 bits per heavy atom. The molecule has 1 aromatic heterocycles. The second kappa shape index (κ2) is 5.57. The third-order valence-corrected chi connectivity index (χ3v) is 3.72. The molecule has 1 heterocycles. The summed E-state index contributed by atoms with van der Waals surface area (Å²) in [4.78, 5) is 30.7. The highest BCUT2D eigenvalue weighted by molar-refractivity contribution is 6.07. The van der Waals surface area contributed by atoms with Crippen molar-refractivity contribution < 1.29 is 14.7 Å². The number of H-pyrrole nitrogens is 1. The smallest absolute Gasteiger partial charge is 0.337 e. The van der Waals surface area contributed by atoms with E-state index in [1.54, 1.807) is 12.1 Å². The van der Waals surface area contributed by atoms with Crippen molar-refractivity contribution in [3.63, 3.8) is 0 Å². The first kappa shape index (κ1) is 14.8. The van der Waals surface area contributed by atoms with Crippen LogP contribution in [0.25, 0.3) is 11.0 Å². The molecule has 0 spiro atoms. The number of carboxylic acid groups (broad SMARTS) is 1. The van der Waals surface area contributed by atoms with Gasteiger partial charge in [-0.25, -0.2) is 9.78 Å². The van der Waals surface area contributed by atoms with Gasteiger partial charge < -0.3 is 15.4 Å². The molecule has 0 atom stereocenters. The summed E-state index contributed by atoms with van der Waals surface area (Å²) in [6, 6.07) is 10.1. The van der Waals surface area contributed by atoms with Gasteiger partial charge in [-0.1, -0.05) is 12.1 Å². The zero-order valence-electron chi connectivity index (χ0n) is 12.7. The normalized spacial score (nSPS) is 10.7. The minimum atomic E-state index is -1.10. The maximum absolute atomic E-state index is 12.3. The summed E-state index contributed by atoms with van der Waals surface area (Å²) in [5.74, 6) is -1.44. The van der Waals surface area contributed by atoms with Crippen LogP contribution in [0.15, 0.2) is 36.4 Å². The number of aromatic carboxylic acids is 1. The summed E-state index contributed by atoms with van der Waals surface area (Å²) in [7, 11) is 0. The molecule has 0 aliphatic rings. The van der Waals surface area contributed by atoms with Crippen LogP contribution in [0.2, 0.25) is 0 Å². The molecule has 0 unspecified atom stereocenters. The number of carboxylic acids is 1. The van der Waals surface area contributed by atoms with Crippen LogP contribution in [0.3, 0.4) is 0 Å². The number of carbonyl (C=O) groups excluding carboxylic acids is 1. The minimum Gasteiger partial charge on any atom is -0.478 e. The molecule has 0 aliphatic carbocycles. The number of hydrogen-bond acceptors (Lipinski definition) is 3. The Bertz CT molecular complexity index is 889. The van der Waals surface area contributed by atoms with Crippen LogP contribution in [0.1, 0.15) is 32.1 Å². The number of benzene rings is 2. The number of fused-ring (bicyclic) bond motifs is 1. The number of amides is 1. The van der Waals surface area contributed by atoms with Crippen molar-refractivity contribution in [1.82, 2.24) is 9.97 Å². The van der Waals surface area contributed by atoms with Crippen LogP contribution in [0.5, 0.6) is 0 Å². The van der Waals surface area contributed by atoms with Gasteiger partial charge in [0.2, 0.25) is 0 Å². The Morgan fingerprint density at radius 2 is 1.83 bits per heavy atom. The number of imidazole rings is 1. The molecule has 3 aromatic rings. The maximum atomic E-state index is 12.3. The summed E-state index contributed by atoms with van der Waals surface area (Å²) < 4.78 is 0. The zero-order chi connectivity index (χ0) is 16.6. The standard InChI is InChI=1S/C17H15N3O3/c1-9-7-13-14(8-10(9)2)19-15(18-13)16(21)20-12-6-4-3-5-11(12)17(22)23/h3-8H,1-2H3,(H,18,19)(H,20,21)(H,22,23). The van der Waals surface area contributed by atoms with E-state index < -0.39 is 11.9 Å². The first-order chi connectivity index (χ1) is 11.0. The molecule has 3 rings (SSSR count). The van der Waals surface area contributed by atoms with Crippen LogP contribution in [-0.2, 0) is 0 Å². The first-order valence-corrected chi connectivity index (χ1v) is 7.06. The Hall–Kier alpha value is -3.15. The van der Waals surface area contributed by atoms with E-state index in [0.29, 0.717) is 5.52 Å². The van der Waals surface area contributed by atoms with Crippen molar-refractivity contribution >= 4 is 28.6 Å². The largest absolute Gasteiger partial charge is 0.478 e. The van der Waals surface area contributed by atoms with E-state index in [1.807, 2.05) is 26.0 Å². The summed E-state index contributed by atoms with van der Waals surface area (Å²) in [5, 5.41) is 11.7. The maximum Gasteiger partial charge on any atom is 0.337 e. The van der Waals surface area contributed by atoms with E-state index in [-0.39, 0.29) is 17.1 Å². The zero-order valence-corrected chi connectivity index (χ0v) is 12.7. The number of nitrogens with one attached hydrogen (secondary N) is 2. The molecule has 0 aliphatic heterocycles. The van der Waals surface area contributed by atoms with Gasteiger partial charge in [0, 0.05) is 0 Å². The van der Waals surface area contributed by atoms with E-state index in [9.17, 15) is 9.59 Å². The van der Waals surface area contributed by atoms with Crippen molar-refractivity contribution in [2.45, 2.75) is 13.8 Å².